The Bertz CT molecular complexity index is 963. The van der Waals surface area contributed by atoms with E-state index in [2.05, 4.69) is 10.4 Å². The van der Waals surface area contributed by atoms with E-state index in [1.807, 2.05) is 48.5 Å². The topological polar surface area (TPSA) is 64.0 Å². The Hall–Kier alpha value is -3.21. The monoisotopic (exact) mass is 345 g/mol. The molecule has 3 aromatic rings. The summed E-state index contributed by atoms with van der Waals surface area (Å²) in [5.41, 5.74) is 1.69. The van der Waals surface area contributed by atoms with E-state index in [-0.39, 0.29) is 23.2 Å². The van der Waals surface area contributed by atoms with Gasteiger partial charge in [-0.25, -0.2) is 0 Å². The standard InChI is InChI=1S/C21H19N3O2/c25-19-14-13-18(23-24(19)17-9-5-2-6-10-17)21(26)22-20(16-11-12-16)15-7-3-1-4-8-15/h1-10,13-14,16,20H,11-12H2,(H,22,26). The van der Waals surface area contributed by atoms with Crippen molar-refractivity contribution in [3.63, 3.8) is 0 Å². The van der Waals surface area contributed by atoms with Gasteiger partial charge in [0.05, 0.1) is 11.7 Å². The van der Waals surface area contributed by atoms with E-state index in [0.717, 1.165) is 18.4 Å². The minimum Gasteiger partial charge on any atom is -0.344 e. The molecule has 0 aliphatic heterocycles. The average Bonchev–Trinajstić information content (AvgIpc) is 3.53. The second-order valence-corrected chi connectivity index (χ2v) is 6.50. The summed E-state index contributed by atoms with van der Waals surface area (Å²) in [6, 6.07) is 21.9. The molecule has 2 aromatic carbocycles. The molecule has 0 radical (unpaired) electrons. The van der Waals surface area contributed by atoms with E-state index >= 15 is 0 Å². The van der Waals surface area contributed by atoms with Crippen LogP contribution in [-0.4, -0.2) is 15.7 Å². The van der Waals surface area contributed by atoms with E-state index in [0.29, 0.717) is 11.6 Å². The molecule has 1 fully saturated rings. The van der Waals surface area contributed by atoms with Gasteiger partial charge in [-0.15, -0.1) is 0 Å². The summed E-state index contributed by atoms with van der Waals surface area (Å²) in [5, 5.41) is 7.35. The lowest BCUT2D eigenvalue weighted by molar-refractivity contribution is 0.0924. The first kappa shape index (κ1) is 16.3. The predicted octanol–water partition coefficient (Wildman–Crippen LogP) is 3.11. The zero-order valence-electron chi connectivity index (χ0n) is 14.2. The Morgan fingerprint density at radius 3 is 2.27 bits per heavy atom. The summed E-state index contributed by atoms with van der Waals surface area (Å²) in [4.78, 5) is 24.9. The molecule has 1 N–H and O–H groups in total. The van der Waals surface area contributed by atoms with Gasteiger partial charge in [0.2, 0.25) is 0 Å². The van der Waals surface area contributed by atoms with Crippen LogP contribution >= 0.6 is 0 Å². The Balaban J connectivity index is 1.61. The molecule has 130 valence electrons. The summed E-state index contributed by atoms with van der Waals surface area (Å²) >= 11 is 0. The van der Waals surface area contributed by atoms with Crippen molar-refractivity contribution in [1.29, 1.82) is 0 Å². The maximum absolute atomic E-state index is 12.8. The van der Waals surface area contributed by atoms with E-state index in [4.69, 9.17) is 0 Å². The Morgan fingerprint density at radius 1 is 0.962 bits per heavy atom. The van der Waals surface area contributed by atoms with Gasteiger partial charge in [-0.05, 0) is 42.5 Å². The third-order valence-electron chi connectivity index (χ3n) is 4.57. The maximum Gasteiger partial charge on any atom is 0.272 e. The van der Waals surface area contributed by atoms with Crippen LogP contribution in [0.1, 0.15) is 34.9 Å². The maximum atomic E-state index is 12.8. The van der Waals surface area contributed by atoms with Gasteiger partial charge in [-0.2, -0.15) is 9.78 Å². The SMILES string of the molecule is O=C(NC(c1ccccc1)C1CC1)c1ccc(=O)n(-c2ccccc2)n1. The molecule has 1 aliphatic rings. The quantitative estimate of drug-likeness (QED) is 0.773. The number of nitrogens with zero attached hydrogens (tertiary/aromatic N) is 2. The number of nitrogens with one attached hydrogen (secondary N) is 1. The number of hydrogen-bond acceptors (Lipinski definition) is 3. The number of aromatic nitrogens is 2. The van der Waals surface area contributed by atoms with Gasteiger partial charge in [0.1, 0.15) is 5.69 Å². The molecule has 1 atom stereocenters. The van der Waals surface area contributed by atoms with E-state index in [1.165, 1.54) is 16.8 Å². The van der Waals surface area contributed by atoms with Gasteiger partial charge in [0.25, 0.3) is 11.5 Å². The van der Waals surface area contributed by atoms with Crippen LogP contribution < -0.4 is 10.9 Å². The van der Waals surface area contributed by atoms with Crippen molar-refractivity contribution >= 4 is 5.91 Å². The summed E-state index contributed by atoms with van der Waals surface area (Å²) in [6.45, 7) is 0. The van der Waals surface area contributed by atoms with Crippen LogP contribution in [0.15, 0.2) is 77.6 Å². The van der Waals surface area contributed by atoms with Crippen molar-refractivity contribution in [3.05, 3.63) is 94.4 Å². The fraction of sp³-hybridized carbons (Fsp3) is 0.190. The molecule has 0 spiro atoms. The van der Waals surface area contributed by atoms with E-state index in [1.54, 1.807) is 12.1 Å². The predicted molar refractivity (Wildman–Crippen MR) is 99.2 cm³/mol. The van der Waals surface area contributed by atoms with Gasteiger partial charge in [-0.3, -0.25) is 9.59 Å². The van der Waals surface area contributed by atoms with Gasteiger partial charge < -0.3 is 5.32 Å². The molecule has 0 bridgehead atoms. The van der Waals surface area contributed by atoms with Crippen molar-refractivity contribution in [3.8, 4) is 5.69 Å². The second kappa shape index (κ2) is 6.96. The van der Waals surface area contributed by atoms with Crippen LogP contribution in [0.25, 0.3) is 5.69 Å². The first-order valence-electron chi connectivity index (χ1n) is 8.74. The molecule has 4 rings (SSSR count). The van der Waals surface area contributed by atoms with E-state index in [9.17, 15) is 9.59 Å². The van der Waals surface area contributed by atoms with Crippen molar-refractivity contribution < 1.29 is 4.79 Å². The molecule has 1 unspecified atom stereocenters. The van der Waals surface area contributed by atoms with Gasteiger partial charge in [0.15, 0.2) is 0 Å². The van der Waals surface area contributed by atoms with Gasteiger partial charge >= 0.3 is 0 Å². The lowest BCUT2D eigenvalue weighted by Gasteiger charge is -2.18. The number of carbonyl (C=O) groups excluding carboxylic acids is 1. The molecular weight excluding hydrogens is 326 g/mol. The Labute approximate surface area is 151 Å². The molecule has 5 nitrogen and oxygen atoms in total. The van der Waals surface area contributed by atoms with Crippen molar-refractivity contribution in [1.82, 2.24) is 15.1 Å². The van der Waals surface area contributed by atoms with E-state index < -0.39 is 0 Å². The minimum atomic E-state index is -0.269. The van der Waals surface area contributed by atoms with Crippen LogP contribution in [0.3, 0.4) is 0 Å². The second-order valence-electron chi connectivity index (χ2n) is 6.50. The van der Waals surface area contributed by atoms with Crippen molar-refractivity contribution in [2.24, 2.45) is 5.92 Å². The average molecular weight is 345 g/mol. The largest absolute Gasteiger partial charge is 0.344 e. The molecule has 1 aromatic heterocycles. The summed E-state index contributed by atoms with van der Waals surface area (Å²) < 4.78 is 1.25. The molecule has 1 saturated carbocycles. The first-order valence-corrected chi connectivity index (χ1v) is 8.74. The highest BCUT2D eigenvalue weighted by Crippen LogP contribution is 2.41. The third-order valence-corrected chi connectivity index (χ3v) is 4.57. The van der Waals surface area contributed by atoms with Gasteiger partial charge in [0, 0.05) is 6.07 Å². The molecule has 1 aliphatic carbocycles. The number of carbonyl (C=O) groups is 1. The molecule has 1 heterocycles. The highest BCUT2D eigenvalue weighted by molar-refractivity contribution is 5.92. The van der Waals surface area contributed by atoms with Crippen LogP contribution in [0.2, 0.25) is 0 Å². The van der Waals surface area contributed by atoms with Crippen molar-refractivity contribution in [2.75, 3.05) is 0 Å². The molecule has 0 saturated heterocycles. The minimum absolute atomic E-state index is 0.0254. The highest BCUT2D eigenvalue weighted by atomic mass is 16.2. The number of para-hydroxylation sites is 1. The third kappa shape index (κ3) is 3.42. The van der Waals surface area contributed by atoms with Crippen LogP contribution in [0.4, 0.5) is 0 Å². The fourth-order valence-corrected chi connectivity index (χ4v) is 3.06. The first-order chi connectivity index (χ1) is 12.7. The molecule has 26 heavy (non-hydrogen) atoms. The number of amides is 1. The summed E-state index contributed by atoms with van der Waals surface area (Å²) in [5.74, 6) is 0.191. The van der Waals surface area contributed by atoms with Crippen LogP contribution in [0.5, 0.6) is 0 Å². The smallest absolute Gasteiger partial charge is 0.272 e. The normalized spacial score (nSPS) is 14.6. The number of rotatable bonds is 5. The lowest BCUT2D eigenvalue weighted by Crippen LogP contribution is -2.32. The number of benzene rings is 2. The number of hydrogen-bond donors (Lipinski definition) is 1. The summed E-state index contributed by atoms with van der Waals surface area (Å²) in [6.07, 6.45) is 2.22. The van der Waals surface area contributed by atoms with Crippen LogP contribution in [0, 0.1) is 5.92 Å². The molecular formula is C21H19N3O2. The fourth-order valence-electron chi connectivity index (χ4n) is 3.06. The van der Waals surface area contributed by atoms with Gasteiger partial charge in [-0.1, -0.05) is 48.5 Å². The summed E-state index contributed by atoms with van der Waals surface area (Å²) in [7, 11) is 0. The highest BCUT2D eigenvalue weighted by Gasteiger charge is 2.33. The zero-order chi connectivity index (χ0) is 17.9. The Kier molecular flexibility index (Phi) is 4.35. The molecule has 1 amide bonds. The van der Waals surface area contributed by atoms with Crippen molar-refractivity contribution in [2.45, 2.75) is 18.9 Å². The lowest BCUT2D eigenvalue weighted by atomic mass is 10.0. The Morgan fingerprint density at radius 2 is 1.62 bits per heavy atom. The zero-order valence-corrected chi connectivity index (χ0v) is 14.2. The molecule has 5 heteroatoms. The van der Waals surface area contributed by atoms with Crippen LogP contribution in [-0.2, 0) is 0 Å².